The van der Waals surface area contributed by atoms with E-state index in [-0.39, 0.29) is 28.1 Å². The molecule has 0 atom stereocenters. The number of esters is 1. The van der Waals surface area contributed by atoms with Gasteiger partial charge in [0.05, 0.1) is 17.4 Å². The van der Waals surface area contributed by atoms with Crippen LogP contribution in [0.3, 0.4) is 0 Å². The number of amides is 2. The maximum Gasteiger partial charge on any atom is 0.338 e. The number of rotatable bonds is 5. The minimum Gasteiger partial charge on any atom is -0.459 e. The van der Waals surface area contributed by atoms with Crippen molar-refractivity contribution in [2.24, 2.45) is 0 Å². The molecule has 2 aromatic carbocycles. The Hall–Kier alpha value is -3.12. The Balaban J connectivity index is 1.88. The summed E-state index contributed by atoms with van der Waals surface area (Å²) in [6.45, 7) is 7.41. The van der Waals surface area contributed by atoms with Crippen LogP contribution in [0.4, 0.5) is 11.4 Å². The smallest absolute Gasteiger partial charge is 0.338 e. The van der Waals surface area contributed by atoms with Gasteiger partial charge >= 0.3 is 5.97 Å². The normalized spacial score (nSPS) is 14.1. The van der Waals surface area contributed by atoms with Crippen LogP contribution in [0.25, 0.3) is 0 Å². The van der Waals surface area contributed by atoms with Crippen molar-refractivity contribution in [2.45, 2.75) is 33.8 Å². The van der Waals surface area contributed by atoms with Gasteiger partial charge in [-0.15, -0.1) is 0 Å². The molecule has 150 valence electrons. The van der Waals surface area contributed by atoms with Crippen LogP contribution in [0.2, 0.25) is 0 Å². The summed E-state index contributed by atoms with van der Waals surface area (Å²) in [6, 6.07) is 11.7. The van der Waals surface area contributed by atoms with E-state index in [2.05, 4.69) is 5.32 Å². The van der Waals surface area contributed by atoms with Crippen LogP contribution in [0.15, 0.2) is 53.2 Å². The molecule has 1 aliphatic heterocycles. The number of anilines is 2. The Morgan fingerprint density at radius 3 is 2.41 bits per heavy atom. The predicted molar refractivity (Wildman–Crippen MR) is 112 cm³/mol. The first-order chi connectivity index (χ1) is 13.7. The number of ether oxygens (including phenoxy) is 1. The highest BCUT2D eigenvalue weighted by molar-refractivity contribution is 6.53. The van der Waals surface area contributed by atoms with Crippen molar-refractivity contribution in [2.75, 3.05) is 10.2 Å². The molecule has 0 fully saturated rings. The molecule has 0 saturated carbocycles. The highest BCUT2D eigenvalue weighted by Gasteiger charge is 2.39. The molecule has 0 unspecified atom stereocenters. The third-order valence-corrected chi connectivity index (χ3v) is 4.84. The van der Waals surface area contributed by atoms with Crippen molar-refractivity contribution >= 4 is 40.8 Å². The van der Waals surface area contributed by atoms with Crippen LogP contribution in [-0.2, 0) is 14.3 Å². The Morgan fingerprint density at radius 2 is 1.76 bits per heavy atom. The summed E-state index contributed by atoms with van der Waals surface area (Å²) < 4.78 is 5.17. The molecule has 6 nitrogen and oxygen atoms in total. The van der Waals surface area contributed by atoms with Crippen molar-refractivity contribution in [1.29, 1.82) is 0 Å². The summed E-state index contributed by atoms with van der Waals surface area (Å²) in [4.78, 5) is 38.7. The lowest BCUT2D eigenvalue weighted by Gasteiger charge is -2.16. The van der Waals surface area contributed by atoms with E-state index in [9.17, 15) is 14.4 Å². The number of imide groups is 1. The maximum atomic E-state index is 12.9. The van der Waals surface area contributed by atoms with Gasteiger partial charge in [-0.25, -0.2) is 9.69 Å². The Kier molecular flexibility index (Phi) is 5.75. The third kappa shape index (κ3) is 4.17. The average molecular weight is 413 g/mol. The Bertz CT molecular complexity index is 1040. The standard InChI is InChI=1S/C22H21ClN2O4/c1-12(2)29-22(28)15-6-5-7-17(11-15)25-20(26)18(23)19(21(25)27)24-16-9-8-13(3)14(4)10-16/h5-12,24H,1-4H3. The van der Waals surface area contributed by atoms with E-state index in [1.54, 1.807) is 32.0 Å². The minimum atomic E-state index is -0.655. The number of nitrogens with zero attached hydrogens (tertiary/aromatic N) is 1. The Morgan fingerprint density at radius 1 is 1.03 bits per heavy atom. The minimum absolute atomic E-state index is 0.00456. The SMILES string of the molecule is Cc1ccc(NC2=C(Cl)C(=O)N(c3cccc(C(=O)OC(C)C)c3)C2=O)cc1C. The van der Waals surface area contributed by atoms with Crippen molar-refractivity contribution in [1.82, 2.24) is 0 Å². The molecular weight excluding hydrogens is 392 g/mol. The molecule has 0 spiro atoms. The fraction of sp³-hybridized carbons (Fsp3) is 0.227. The van der Waals surface area contributed by atoms with Gasteiger partial charge in [-0.3, -0.25) is 9.59 Å². The van der Waals surface area contributed by atoms with E-state index in [0.717, 1.165) is 16.0 Å². The van der Waals surface area contributed by atoms with Crippen LogP contribution in [-0.4, -0.2) is 23.9 Å². The van der Waals surface area contributed by atoms with E-state index >= 15 is 0 Å². The lowest BCUT2D eigenvalue weighted by atomic mass is 10.1. The summed E-state index contributed by atoms with van der Waals surface area (Å²) in [5.74, 6) is -1.78. The van der Waals surface area contributed by atoms with E-state index in [0.29, 0.717) is 5.69 Å². The molecule has 1 heterocycles. The quantitative estimate of drug-likeness (QED) is 0.585. The summed E-state index contributed by atoms with van der Waals surface area (Å²) in [5.41, 5.74) is 3.28. The molecular formula is C22H21ClN2O4. The number of carbonyl (C=O) groups is 3. The molecule has 0 aliphatic carbocycles. The molecule has 0 saturated heterocycles. The monoisotopic (exact) mass is 412 g/mol. The largest absolute Gasteiger partial charge is 0.459 e. The zero-order chi connectivity index (χ0) is 21.3. The second-order valence-electron chi connectivity index (χ2n) is 7.06. The number of hydrogen-bond acceptors (Lipinski definition) is 5. The molecule has 1 aliphatic rings. The van der Waals surface area contributed by atoms with Crippen LogP contribution in [0, 0.1) is 13.8 Å². The summed E-state index contributed by atoms with van der Waals surface area (Å²) >= 11 is 6.17. The zero-order valence-electron chi connectivity index (χ0n) is 16.6. The number of aryl methyl sites for hydroxylation is 2. The molecule has 2 amide bonds. The summed E-state index contributed by atoms with van der Waals surface area (Å²) in [7, 11) is 0. The van der Waals surface area contributed by atoms with Crippen LogP contribution >= 0.6 is 11.6 Å². The van der Waals surface area contributed by atoms with E-state index in [4.69, 9.17) is 16.3 Å². The van der Waals surface area contributed by atoms with Gasteiger partial charge in [-0.2, -0.15) is 0 Å². The fourth-order valence-corrected chi connectivity index (χ4v) is 3.08. The second-order valence-corrected chi connectivity index (χ2v) is 7.44. The van der Waals surface area contributed by atoms with Gasteiger partial charge in [0.25, 0.3) is 11.8 Å². The van der Waals surface area contributed by atoms with Crippen molar-refractivity contribution in [3.05, 3.63) is 69.9 Å². The number of carbonyl (C=O) groups excluding carboxylic acids is 3. The highest BCUT2D eigenvalue weighted by Crippen LogP contribution is 2.31. The first-order valence-electron chi connectivity index (χ1n) is 9.13. The Labute approximate surface area is 174 Å². The van der Waals surface area contributed by atoms with Gasteiger partial charge in [0, 0.05) is 5.69 Å². The van der Waals surface area contributed by atoms with E-state index < -0.39 is 17.8 Å². The van der Waals surface area contributed by atoms with Gasteiger partial charge in [-0.05, 0) is 69.2 Å². The third-order valence-electron chi connectivity index (χ3n) is 4.49. The van der Waals surface area contributed by atoms with Crippen LogP contribution in [0.5, 0.6) is 0 Å². The van der Waals surface area contributed by atoms with E-state index in [1.165, 1.54) is 6.07 Å². The van der Waals surface area contributed by atoms with Gasteiger partial charge in [0.15, 0.2) is 0 Å². The lowest BCUT2D eigenvalue weighted by Crippen LogP contribution is -2.32. The molecule has 0 bridgehead atoms. The number of halogens is 1. The van der Waals surface area contributed by atoms with Crippen molar-refractivity contribution < 1.29 is 19.1 Å². The molecule has 0 aromatic heterocycles. The lowest BCUT2D eigenvalue weighted by molar-refractivity contribution is -0.120. The number of benzene rings is 2. The molecule has 29 heavy (non-hydrogen) atoms. The maximum absolute atomic E-state index is 12.9. The van der Waals surface area contributed by atoms with Crippen LogP contribution in [0.1, 0.15) is 35.3 Å². The first-order valence-corrected chi connectivity index (χ1v) is 9.50. The average Bonchev–Trinajstić information content (AvgIpc) is 2.87. The predicted octanol–water partition coefficient (Wildman–Crippen LogP) is 4.30. The van der Waals surface area contributed by atoms with Crippen molar-refractivity contribution in [3.8, 4) is 0 Å². The molecule has 3 rings (SSSR count). The zero-order valence-corrected chi connectivity index (χ0v) is 17.3. The highest BCUT2D eigenvalue weighted by atomic mass is 35.5. The topological polar surface area (TPSA) is 75.7 Å². The van der Waals surface area contributed by atoms with Gasteiger partial charge in [-0.1, -0.05) is 23.7 Å². The molecule has 7 heteroatoms. The molecule has 1 N–H and O–H groups in total. The summed E-state index contributed by atoms with van der Waals surface area (Å²) in [5, 5.41) is 2.74. The van der Waals surface area contributed by atoms with E-state index in [1.807, 2.05) is 32.0 Å². The summed E-state index contributed by atoms with van der Waals surface area (Å²) in [6.07, 6.45) is -0.286. The fourth-order valence-electron chi connectivity index (χ4n) is 2.86. The second kappa shape index (κ2) is 8.09. The van der Waals surface area contributed by atoms with Gasteiger partial charge < -0.3 is 10.1 Å². The molecule has 0 radical (unpaired) electrons. The van der Waals surface area contributed by atoms with Crippen LogP contribution < -0.4 is 10.2 Å². The number of hydrogen-bond donors (Lipinski definition) is 1. The number of nitrogens with one attached hydrogen (secondary N) is 1. The van der Waals surface area contributed by atoms with Gasteiger partial charge in [0.1, 0.15) is 10.7 Å². The van der Waals surface area contributed by atoms with Crippen molar-refractivity contribution in [3.63, 3.8) is 0 Å². The first kappa shape index (κ1) is 20.6. The van der Waals surface area contributed by atoms with Gasteiger partial charge in [0.2, 0.25) is 0 Å². The molecule has 2 aromatic rings.